The van der Waals surface area contributed by atoms with E-state index in [4.69, 9.17) is 4.74 Å². The first-order valence-electron chi connectivity index (χ1n) is 11.2. The van der Waals surface area contributed by atoms with Gasteiger partial charge in [0.15, 0.2) is 0 Å². The Balaban J connectivity index is 3.06. The highest BCUT2D eigenvalue weighted by Crippen LogP contribution is 2.13. The smallest absolute Gasteiger partial charge is 0.136 e. The van der Waals surface area contributed by atoms with Crippen LogP contribution in [-0.4, -0.2) is 32.2 Å². The van der Waals surface area contributed by atoms with Gasteiger partial charge < -0.3 is 9.22 Å². The van der Waals surface area contributed by atoms with Gasteiger partial charge in [-0.2, -0.15) is 0 Å². The summed E-state index contributed by atoms with van der Waals surface area (Å²) in [5, 5.41) is 0. The molecule has 0 aromatic rings. The van der Waals surface area contributed by atoms with Crippen LogP contribution in [0, 0.1) is 0 Å². The zero-order valence-electron chi connectivity index (χ0n) is 18.0. The van der Waals surface area contributed by atoms with Crippen LogP contribution in [0.15, 0.2) is 12.5 Å². The molecule has 0 radical (unpaired) electrons. The molecule has 0 unspecified atom stereocenters. The fourth-order valence-electron chi connectivity index (χ4n) is 3.03. The lowest BCUT2D eigenvalue weighted by atomic mass is 10.0. The molecule has 0 saturated carbocycles. The van der Waals surface area contributed by atoms with Gasteiger partial charge in [-0.15, -0.1) is 0 Å². The van der Waals surface area contributed by atoms with E-state index < -0.39 is 0 Å². The average Bonchev–Trinajstić information content (AvgIpc) is 2.56. The van der Waals surface area contributed by atoms with Gasteiger partial charge in [-0.25, -0.2) is 0 Å². The van der Waals surface area contributed by atoms with Crippen LogP contribution in [0.3, 0.4) is 0 Å². The van der Waals surface area contributed by atoms with Crippen molar-refractivity contribution >= 4 is 0 Å². The number of unbranched alkanes of at least 4 members (excludes halogenated alkanes) is 15. The van der Waals surface area contributed by atoms with Gasteiger partial charge in [0.1, 0.15) is 12.5 Å². The molecule has 0 aliphatic carbocycles. The van der Waals surface area contributed by atoms with Gasteiger partial charge in [0.05, 0.1) is 27.7 Å². The first kappa shape index (κ1) is 24.5. The van der Waals surface area contributed by atoms with Crippen molar-refractivity contribution in [2.45, 2.75) is 110 Å². The van der Waals surface area contributed by atoms with Crippen molar-refractivity contribution in [3.8, 4) is 0 Å². The van der Waals surface area contributed by atoms with Crippen molar-refractivity contribution in [1.29, 1.82) is 0 Å². The molecule has 25 heavy (non-hydrogen) atoms. The van der Waals surface area contributed by atoms with Gasteiger partial charge >= 0.3 is 0 Å². The summed E-state index contributed by atoms with van der Waals surface area (Å²) in [4.78, 5) is 0. The summed E-state index contributed by atoms with van der Waals surface area (Å²) in [6.45, 7) is 3.16. The maximum Gasteiger partial charge on any atom is 0.136 e. The zero-order chi connectivity index (χ0) is 18.6. The predicted molar refractivity (Wildman–Crippen MR) is 113 cm³/mol. The second-order valence-electron chi connectivity index (χ2n) is 8.58. The molecule has 0 heterocycles. The number of quaternary nitrogens is 1. The molecule has 0 aliphatic heterocycles. The average molecular weight is 355 g/mol. The highest BCUT2D eigenvalue weighted by atomic mass is 16.5. The molecule has 0 fully saturated rings. The molecule has 0 bridgehead atoms. The van der Waals surface area contributed by atoms with Crippen molar-refractivity contribution in [3.63, 3.8) is 0 Å². The third kappa shape index (κ3) is 23.5. The van der Waals surface area contributed by atoms with E-state index in [0.717, 1.165) is 11.1 Å². The summed E-state index contributed by atoms with van der Waals surface area (Å²) >= 11 is 0. The second kappa shape index (κ2) is 18.3. The van der Waals surface area contributed by atoms with Gasteiger partial charge in [-0.3, -0.25) is 0 Å². The number of rotatable bonds is 19. The maximum atomic E-state index is 5.53. The standard InChI is InChI=1S/C23H48NO/c1-5-6-7-8-9-10-11-12-13-14-15-16-17-18-19-20-22-25-23-21-24(2,3)4/h21,23H,5-20,22H2,1-4H3/q+1. The van der Waals surface area contributed by atoms with E-state index in [0.29, 0.717) is 0 Å². The molecule has 0 atom stereocenters. The Labute approximate surface area is 159 Å². The lowest BCUT2D eigenvalue weighted by Crippen LogP contribution is -2.26. The van der Waals surface area contributed by atoms with Gasteiger partial charge in [-0.1, -0.05) is 103 Å². The largest absolute Gasteiger partial charge is 0.496 e. The van der Waals surface area contributed by atoms with Gasteiger partial charge in [0.2, 0.25) is 0 Å². The Morgan fingerprint density at radius 3 is 1.28 bits per heavy atom. The molecule has 0 rings (SSSR count). The van der Waals surface area contributed by atoms with Gasteiger partial charge in [0, 0.05) is 0 Å². The minimum atomic E-state index is 0.818. The Morgan fingerprint density at radius 2 is 0.920 bits per heavy atom. The molecule has 2 heteroatoms. The molecule has 0 saturated heterocycles. The lowest BCUT2D eigenvalue weighted by molar-refractivity contribution is -0.817. The Hall–Kier alpha value is -0.500. The number of ether oxygens (including phenoxy) is 1. The number of hydrogen-bond acceptors (Lipinski definition) is 1. The van der Waals surface area contributed by atoms with Crippen LogP contribution in [-0.2, 0) is 4.74 Å². The summed E-state index contributed by atoms with van der Waals surface area (Å²) in [6.07, 6.45) is 26.6. The minimum Gasteiger partial charge on any atom is -0.496 e. The summed E-state index contributed by atoms with van der Waals surface area (Å²) in [7, 11) is 6.40. The van der Waals surface area contributed by atoms with Crippen molar-refractivity contribution in [2.24, 2.45) is 0 Å². The van der Waals surface area contributed by atoms with E-state index in [2.05, 4.69) is 34.3 Å². The molecule has 0 aromatic carbocycles. The monoisotopic (exact) mass is 354 g/mol. The second-order valence-corrected chi connectivity index (χ2v) is 8.58. The van der Waals surface area contributed by atoms with E-state index in [1.54, 1.807) is 0 Å². The third-order valence-electron chi connectivity index (χ3n) is 4.72. The van der Waals surface area contributed by atoms with E-state index in [-0.39, 0.29) is 0 Å². The molecule has 2 nitrogen and oxygen atoms in total. The summed E-state index contributed by atoms with van der Waals surface area (Å²) in [5.74, 6) is 0. The van der Waals surface area contributed by atoms with Crippen LogP contribution < -0.4 is 0 Å². The highest BCUT2D eigenvalue weighted by Gasteiger charge is 1.99. The molecular weight excluding hydrogens is 306 g/mol. The number of nitrogens with zero attached hydrogens (tertiary/aromatic N) is 1. The Morgan fingerprint density at radius 1 is 0.560 bits per heavy atom. The molecule has 0 spiro atoms. The van der Waals surface area contributed by atoms with E-state index >= 15 is 0 Å². The Kier molecular flexibility index (Phi) is 17.9. The molecule has 0 aliphatic rings. The number of hydrogen-bond donors (Lipinski definition) is 0. The minimum absolute atomic E-state index is 0.818. The molecule has 0 amide bonds. The van der Waals surface area contributed by atoms with Gasteiger partial charge in [-0.05, 0) is 6.42 Å². The molecule has 150 valence electrons. The highest BCUT2D eigenvalue weighted by molar-refractivity contribution is 4.60. The predicted octanol–water partition coefficient (Wildman–Crippen LogP) is 7.44. The fraction of sp³-hybridized carbons (Fsp3) is 0.913. The van der Waals surface area contributed by atoms with E-state index in [9.17, 15) is 0 Å². The van der Waals surface area contributed by atoms with Crippen LogP contribution in [0.25, 0.3) is 0 Å². The first-order chi connectivity index (χ1) is 12.1. The topological polar surface area (TPSA) is 9.23 Å². The normalized spacial score (nSPS) is 12.2. The summed E-state index contributed by atoms with van der Waals surface area (Å²) < 4.78 is 6.35. The maximum absolute atomic E-state index is 5.53. The van der Waals surface area contributed by atoms with Crippen molar-refractivity contribution in [3.05, 3.63) is 12.5 Å². The van der Waals surface area contributed by atoms with Crippen molar-refractivity contribution in [1.82, 2.24) is 0 Å². The summed E-state index contributed by atoms with van der Waals surface area (Å²) in [6, 6.07) is 0. The van der Waals surface area contributed by atoms with Gasteiger partial charge in [0.25, 0.3) is 0 Å². The van der Waals surface area contributed by atoms with Crippen molar-refractivity contribution in [2.75, 3.05) is 27.7 Å². The van der Waals surface area contributed by atoms with Crippen molar-refractivity contribution < 1.29 is 9.22 Å². The summed E-state index contributed by atoms with van der Waals surface area (Å²) in [5.41, 5.74) is 0. The quantitative estimate of drug-likeness (QED) is 0.133. The van der Waals surface area contributed by atoms with Crippen LogP contribution in [0.5, 0.6) is 0 Å². The molecule has 0 N–H and O–H groups in total. The third-order valence-corrected chi connectivity index (χ3v) is 4.72. The van der Waals surface area contributed by atoms with E-state index in [1.807, 2.05) is 6.26 Å². The lowest BCUT2D eigenvalue weighted by Gasteiger charge is -2.16. The Bertz CT molecular complexity index is 280. The first-order valence-corrected chi connectivity index (χ1v) is 11.2. The SMILES string of the molecule is CCCCCCCCCCCCCCCCCCOC=C[N+](C)(C)C. The van der Waals surface area contributed by atoms with Crippen LogP contribution in [0.4, 0.5) is 0 Å². The van der Waals surface area contributed by atoms with E-state index in [1.165, 1.54) is 103 Å². The van der Waals surface area contributed by atoms with Crippen LogP contribution in [0.1, 0.15) is 110 Å². The fourth-order valence-corrected chi connectivity index (χ4v) is 3.03. The zero-order valence-corrected chi connectivity index (χ0v) is 18.0. The molecule has 0 aromatic heterocycles. The van der Waals surface area contributed by atoms with Crippen LogP contribution in [0.2, 0.25) is 0 Å². The van der Waals surface area contributed by atoms with Crippen LogP contribution >= 0.6 is 0 Å². The molecular formula is C23H48NO+.